The number of aromatic nitrogens is 1. The zero-order valence-corrected chi connectivity index (χ0v) is 6.50. The number of hydrogen-bond acceptors (Lipinski definition) is 3. The fourth-order valence-electron chi connectivity index (χ4n) is 1.35. The van der Waals surface area contributed by atoms with Gasteiger partial charge >= 0.3 is 0 Å². The molecule has 2 heterocycles. The van der Waals surface area contributed by atoms with E-state index in [4.69, 9.17) is 5.73 Å². The van der Waals surface area contributed by atoms with Gasteiger partial charge in [-0.3, -0.25) is 9.78 Å². The zero-order chi connectivity index (χ0) is 8.55. The first-order chi connectivity index (χ1) is 5.79. The second-order valence-electron chi connectivity index (χ2n) is 2.73. The Hall–Kier alpha value is -1.58. The molecule has 0 fully saturated rings. The van der Waals surface area contributed by atoms with Crippen LogP contribution in [0.3, 0.4) is 0 Å². The Labute approximate surface area is 69.8 Å². The average molecular weight is 163 g/mol. The lowest BCUT2D eigenvalue weighted by Crippen LogP contribution is -2.33. The van der Waals surface area contributed by atoms with Crippen LogP contribution in [0.4, 0.5) is 5.69 Å². The van der Waals surface area contributed by atoms with Crippen LogP contribution in [-0.2, 0) is 6.42 Å². The molecule has 0 aliphatic carbocycles. The summed E-state index contributed by atoms with van der Waals surface area (Å²) in [6.45, 7) is 0.654. The number of nitrogens with zero attached hydrogens (tertiary/aromatic N) is 1. The van der Waals surface area contributed by atoms with Gasteiger partial charge in [-0.15, -0.1) is 0 Å². The Morgan fingerprint density at radius 3 is 3.17 bits per heavy atom. The molecular weight excluding hydrogens is 154 g/mol. The maximum absolute atomic E-state index is 11.2. The summed E-state index contributed by atoms with van der Waals surface area (Å²) in [5.41, 5.74) is 7.70. The summed E-state index contributed by atoms with van der Waals surface area (Å²) in [6.07, 6.45) is 2.33. The minimum Gasteiger partial charge on any atom is -0.398 e. The summed E-state index contributed by atoms with van der Waals surface area (Å²) in [5.74, 6) is -0.122. The van der Waals surface area contributed by atoms with Gasteiger partial charge in [-0.25, -0.2) is 0 Å². The first-order valence-corrected chi connectivity index (χ1v) is 3.80. The van der Waals surface area contributed by atoms with Crippen molar-refractivity contribution in [2.45, 2.75) is 6.42 Å². The predicted molar refractivity (Wildman–Crippen MR) is 44.7 cm³/mol. The lowest BCUT2D eigenvalue weighted by Gasteiger charge is -2.16. The van der Waals surface area contributed by atoms with Crippen molar-refractivity contribution in [1.82, 2.24) is 10.3 Å². The molecule has 3 N–H and O–H groups in total. The quantitative estimate of drug-likeness (QED) is 0.563. The average Bonchev–Trinajstić information content (AvgIpc) is 2.07. The number of nitrogens with two attached hydrogens (primary N) is 1. The lowest BCUT2D eigenvalue weighted by atomic mass is 10.0. The van der Waals surface area contributed by atoms with E-state index in [1.165, 1.54) is 0 Å². The highest BCUT2D eigenvalue weighted by Crippen LogP contribution is 2.17. The summed E-state index contributed by atoms with van der Waals surface area (Å²) in [6, 6.07) is 1.72. The van der Waals surface area contributed by atoms with E-state index in [9.17, 15) is 4.79 Å². The van der Waals surface area contributed by atoms with E-state index in [0.29, 0.717) is 17.9 Å². The van der Waals surface area contributed by atoms with Crippen LogP contribution in [0.5, 0.6) is 0 Å². The fourth-order valence-corrected chi connectivity index (χ4v) is 1.35. The van der Waals surface area contributed by atoms with Crippen LogP contribution >= 0.6 is 0 Å². The highest BCUT2D eigenvalue weighted by molar-refractivity contribution is 5.96. The van der Waals surface area contributed by atoms with Crippen molar-refractivity contribution in [2.75, 3.05) is 12.3 Å². The third-order valence-electron chi connectivity index (χ3n) is 1.97. The van der Waals surface area contributed by atoms with Gasteiger partial charge in [0, 0.05) is 24.0 Å². The normalized spacial score (nSPS) is 15.2. The molecule has 0 saturated carbocycles. The van der Waals surface area contributed by atoms with Gasteiger partial charge in [0.2, 0.25) is 0 Å². The second-order valence-corrected chi connectivity index (χ2v) is 2.73. The number of amides is 1. The SMILES string of the molecule is Nc1ccnc2c1CCNC2=O. The molecule has 12 heavy (non-hydrogen) atoms. The van der Waals surface area contributed by atoms with Crippen LogP contribution in [0.15, 0.2) is 12.3 Å². The van der Waals surface area contributed by atoms with Crippen molar-refractivity contribution in [3.8, 4) is 0 Å². The van der Waals surface area contributed by atoms with Crippen molar-refractivity contribution in [3.05, 3.63) is 23.5 Å². The van der Waals surface area contributed by atoms with Gasteiger partial charge in [-0.1, -0.05) is 0 Å². The third kappa shape index (κ3) is 0.922. The minimum atomic E-state index is -0.122. The molecule has 2 rings (SSSR count). The Bertz CT molecular complexity index is 335. The number of anilines is 1. The van der Waals surface area contributed by atoms with E-state index in [0.717, 1.165) is 12.0 Å². The zero-order valence-electron chi connectivity index (χ0n) is 6.50. The molecule has 0 atom stereocenters. The molecule has 4 nitrogen and oxygen atoms in total. The lowest BCUT2D eigenvalue weighted by molar-refractivity contribution is 0.0940. The van der Waals surface area contributed by atoms with E-state index < -0.39 is 0 Å². The van der Waals surface area contributed by atoms with E-state index >= 15 is 0 Å². The van der Waals surface area contributed by atoms with Crippen molar-refractivity contribution < 1.29 is 4.79 Å². The number of nitrogens with one attached hydrogen (secondary N) is 1. The van der Waals surface area contributed by atoms with Gasteiger partial charge in [-0.05, 0) is 12.5 Å². The van der Waals surface area contributed by atoms with Crippen molar-refractivity contribution in [3.63, 3.8) is 0 Å². The molecule has 1 aromatic rings. The highest BCUT2D eigenvalue weighted by atomic mass is 16.1. The van der Waals surface area contributed by atoms with Crippen molar-refractivity contribution in [1.29, 1.82) is 0 Å². The molecule has 4 heteroatoms. The molecule has 0 bridgehead atoms. The minimum absolute atomic E-state index is 0.122. The van der Waals surface area contributed by atoms with E-state index in [2.05, 4.69) is 10.3 Å². The highest BCUT2D eigenvalue weighted by Gasteiger charge is 2.19. The van der Waals surface area contributed by atoms with E-state index in [1.54, 1.807) is 12.3 Å². The third-order valence-corrected chi connectivity index (χ3v) is 1.97. The van der Waals surface area contributed by atoms with Crippen LogP contribution in [0.25, 0.3) is 0 Å². The molecule has 62 valence electrons. The van der Waals surface area contributed by atoms with Gasteiger partial charge in [0.1, 0.15) is 5.69 Å². The summed E-state index contributed by atoms with van der Waals surface area (Å²) in [4.78, 5) is 15.2. The summed E-state index contributed by atoms with van der Waals surface area (Å²) >= 11 is 0. The number of hydrogen-bond donors (Lipinski definition) is 2. The Balaban J connectivity index is 2.59. The molecule has 0 unspecified atom stereocenters. The first-order valence-electron chi connectivity index (χ1n) is 3.80. The fraction of sp³-hybridized carbons (Fsp3) is 0.250. The standard InChI is InChI=1S/C8H9N3O/c9-6-2-4-10-7-5(6)1-3-11-8(7)12/h2,4H,1,3H2,(H2,9,10)(H,11,12). The molecule has 1 aliphatic rings. The van der Waals surface area contributed by atoms with Crippen molar-refractivity contribution >= 4 is 11.6 Å². The maximum atomic E-state index is 11.2. The molecule has 1 amide bonds. The molecule has 1 aromatic heterocycles. The molecular formula is C8H9N3O. The first kappa shape index (κ1) is 7.09. The molecule has 0 saturated heterocycles. The second kappa shape index (κ2) is 2.48. The molecule has 0 aromatic carbocycles. The number of fused-ring (bicyclic) bond motifs is 1. The topological polar surface area (TPSA) is 68.0 Å². The number of carbonyl (C=O) groups excluding carboxylic acids is 1. The summed E-state index contributed by atoms with van der Waals surface area (Å²) < 4.78 is 0. The number of rotatable bonds is 0. The molecule has 0 spiro atoms. The van der Waals surface area contributed by atoms with Gasteiger partial charge in [0.25, 0.3) is 5.91 Å². The van der Waals surface area contributed by atoms with Gasteiger partial charge < -0.3 is 11.1 Å². The Morgan fingerprint density at radius 2 is 2.42 bits per heavy atom. The smallest absolute Gasteiger partial charge is 0.270 e. The summed E-state index contributed by atoms with van der Waals surface area (Å²) in [7, 11) is 0. The van der Waals surface area contributed by atoms with Crippen LogP contribution < -0.4 is 11.1 Å². The van der Waals surface area contributed by atoms with Gasteiger partial charge in [0.05, 0.1) is 0 Å². The number of pyridine rings is 1. The van der Waals surface area contributed by atoms with Gasteiger partial charge in [-0.2, -0.15) is 0 Å². The Kier molecular flexibility index (Phi) is 1.46. The summed E-state index contributed by atoms with van der Waals surface area (Å²) in [5, 5.41) is 2.71. The Morgan fingerprint density at radius 1 is 1.58 bits per heavy atom. The molecule has 0 radical (unpaired) electrons. The van der Waals surface area contributed by atoms with Crippen molar-refractivity contribution in [2.24, 2.45) is 0 Å². The van der Waals surface area contributed by atoms with E-state index in [-0.39, 0.29) is 5.91 Å². The van der Waals surface area contributed by atoms with Crippen LogP contribution in [0.1, 0.15) is 16.1 Å². The van der Waals surface area contributed by atoms with Crippen LogP contribution in [-0.4, -0.2) is 17.4 Å². The maximum Gasteiger partial charge on any atom is 0.270 e. The largest absolute Gasteiger partial charge is 0.398 e. The van der Waals surface area contributed by atoms with E-state index in [1.807, 2.05) is 0 Å². The predicted octanol–water partition coefficient (Wildman–Crippen LogP) is -0.0503. The monoisotopic (exact) mass is 163 g/mol. The number of carbonyl (C=O) groups is 1. The van der Waals surface area contributed by atoms with Crippen LogP contribution in [0.2, 0.25) is 0 Å². The number of nitrogen functional groups attached to an aromatic ring is 1. The van der Waals surface area contributed by atoms with Crippen LogP contribution in [0, 0.1) is 0 Å². The molecule has 1 aliphatic heterocycles. The van der Waals surface area contributed by atoms with Gasteiger partial charge in [0.15, 0.2) is 0 Å².